The maximum atomic E-state index is 12.4. The number of carbonyl (C=O) groups is 1. The molecule has 0 saturated carbocycles. The number of nitrogens with zero attached hydrogens (tertiary/aromatic N) is 1. The van der Waals surface area contributed by atoms with Crippen molar-refractivity contribution in [3.05, 3.63) is 39.2 Å². The molecule has 6 heteroatoms. The molecule has 0 amide bonds. The van der Waals surface area contributed by atoms with Gasteiger partial charge in [-0.2, -0.15) is 0 Å². The van der Waals surface area contributed by atoms with E-state index in [9.17, 15) is 9.59 Å². The van der Waals surface area contributed by atoms with Gasteiger partial charge in [0.05, 0.1) is 24.7 Å². The Hall–Kier alpha value is -2.34. The highest BCUT2D eigenvalue weighted by Crippen LogP contribution is 2.33. The molecule has 0 atom stereocenters. The lowest BCUT2D eigenvalue weighted by atomic mass is 10.00. The van der Waals surface area contributed by atoms with Crippen molar-refractivity contribution in [3.63, 3.8) is 0 Å². The van der Waals surface area contributed by atoms with Gasteiger partial charge in [-0.15, -0.1) is 0 Å². The highest BCUT2D eigenvalue weighted by Gasteiger charge is 2.24. The van der Waals surface area contributed by atoms with Crippen molar-refractivity contribution in [1.82, 2.24) is 4.90 Å². The molecule has 6 nitrogen and oxygen atoms in total. The normalized spacial score (nSPS) is 14.4. The van der Waals surface area contributed by atoms with E-state index in [1.165, 1.54) is 7.11 Å². The quantitative estimate of drug-likeness (QED) is 0.627. The number of hydrogen-bond acceptors (Lipinski definition) is 6. The molecule has 0 fully saturated rings. The number of rotatable bonds is 4. The van der Waals surface area contributed by atoms with Crippen LogP contribution in [0.4, 0.5) is 0 Å². The van der Waals surface area contributed by atoms with Gasteiger partial charge < -0.3 is 13.9 Å². The van der Waals surface area contributed by atoms with Crippen LogP contribution in [0.3, 0.4) is 0 Å². The van der Waals surface area contributed by atoms with Crippen molar-refractivity contribution < 1.29 is 18.7 Å². The topological polar surface area (TPSA) is 69.0 Å². The molecule has 1 aliphatic heterocycles. The maximum Gasteiger partial charge on any atom is 0.340 e. The second-order valence-electron chi connectivity index (χ2n) is 6.84. The summed E-state index contributed by atoms with van der Waals surface area (Å²) >= 11 is 0. The Morgan fingerprint density at radius 1 is 1.36 bits per heavy atom. The monoisotopic (exact) mass is 345 g/mol. The predicted octanol–water partition coefficient (Wildman–Crippen LogP) is 2.62. The number of hydrogen-bond donors (Lipinski definition) is 0. The second kappa shape index (κ2) is 6.88. The first kappa shape index (κ1) is 17.5. The van der Waals surface area contributed by atoms with Crippen LogP contribution in [0.15, 0.2) is 21.3 Å². The summed E-state index contributed by atoms with van der Waals surface area (Å²) < 4.78 is 16.1. The van der Waals surface area contributed by atoms with Crippen LogP contribution >= 0.6 is 0 Å². The molecule has 0 aliphatic carbocycles. The molecule has 2 aromatic rings. The zero-order chi connectivity index (χ0) is 18.1. The summed E-state index contributed by atoms with van der Waals surface area (Å²) in [6.07, 6.45) is -0.0896. The van der Waals surface area contributed by atoms with Crippen LogP contribution in [0.5, 0.6) is 5.75 Å². The van der Waals surface area contributed by atoms with Gasteiger partial charge in [-0.1, -0.05) is 13.8 Å². The van der Waals surface area contributed by atoms with Crippen molar-refractivity contribution >= 4 is 16.9 Å². The summed E-state index contributed by atoms with van der Waals surface area (Å²) in [5.41, 5.74) is 2.02. The Labute approximate surface area is 146 Å². The summed E-state index contributed by atoms with van der Waals surface area (Å²) in [4.78, 5) is 26.2. The van der Waals surface area contributed by atoms with Crippen LogP contribution in [0.25, 0.3) is 11.0 Å². The van der Waals surface area contributed by atoms with Gasteiger partial charge >= 0.3 is 11.6 Å². The molecule has 2 heterocycles. The number of carbonyl (C=O) groups excluding carboxylic acids is 1. The maximum absolute atomic E-state index is 12.4. The smallest absolute Gasteiger partial charge is 0.340 e. The highest BCUT2D eigenvalue weighted by atomic mass is 16.5. The van der Waals surface area contributed by atoms with E-state index >= 15 is 0 Å². The van der Waals surface area contributed by atoms with E-state index in [4.69, 9.17) is 9.15 Å². The van der Waals surface area contributed by atoms with Gasteiger partial charge in [0.15, 0.2) is 0 Å². The van der Waals surface area contributed by atoms with E-state index in [0.717, 1.165) is 28.8 Å². The van der Waals surface area contributed by atoms with Crippen molar-refractivity contribution in [2.24, 2.45) is 5.92 Å². The third-order valence-electron chi connectivity index (χ3n) is 4.47. The molecular weight excluding hydrogens is 322 g/mol. The molecule has 25 heavy (non-hydrogen) atoms. The summed E-state index contributed by atoms with van der Waals surface area (Å²) in [5.74, 6) is 0.801. The van der Waals surface area contributed by atoms with Crippen LogP contribution in [0.1, 0.15) is 30.5 Å². The van der Waals surface area contributed by atoms with Crippen molar-refractivity contribution in [2.75, 3.05) is 20.4 Å². The minimum absolute atomic E-state index is 0.0896. The standard InChI is InChI=1S/C19H23NO5/c1-11(2)8-20-9-15-16(24-10-20)6-5-13-12(3)14(7-17(21)23-4)19(22)25-18(13)15/h5-6,11H,7-10H2,1-4H3. The highest BCUT2D eigenvalue weighted by molar-refractivity contribution is 5.87. The first-order valence-corrected chi connectivity index (χ1v) is 8.40. The summed E-state index contributed by atoms with van der Waals surface area (Å²) in [6.45, 7) is 8.24. The van der Waals surface area contributed by atoms with Crippen LogP contribution in [-0.2, 0) is 22.5 Å². The zero-order valence-electron chi connectivity index (χ0n) is 15.0. The van der Waals surface area contributed by atoms with Gasteiger partial charge in [-0.25, -0.2) is 4.79 Å². The molecule has 3 rings (SSSR count). The van der Waals surface area contributed by atoms with Crippen LogP contribution < -0.4 is 10.4 Å². The number of methoxy groups -OCH3 is 1. The average Bonchev–Trinajstić information content (AvgIpc) is 2.57. The Bertz CT molecular complexity index is 868. The van der Waals surface area contributed by atoms with Crippen LogP contribution in [0.2, 0.25) is 0 Å². The van der Waals surface area contributed by atoms with E-state index in [-0.39, 0.29) is 6.42 Å². The first-order chi connectivity index (χ1) is 11.9. The van der Waals surface area contributed by atoms with Gasteiger partial charge in [0.1, 0.15) is 18.1 Å². The van der Waals surface area contributed by atoms with E-state index in [1.807, 2.05) is 19.1 Å². The molecule has 0 unspecified atom stereocenters. The fraction of sp³-hybridized carbons (Fsp3) is 0.474. The minimum atomic E-state index is -0.496. The number of esters is 1. The summed E-state index contributed by atoms with van der Waals surface area (Å²) in [5, 5.41) is 0.826. The van der Waals surface area contributed by atoms with Gasteiger partial charge in [0.2, 0.25) is 0 Å². The number of ether oxygens (including phenoxy) is 2. The van der Waals surface area contributed by atoms with Crippen LogP contribution in [0, 0.1) is 12.8 Å². The fourth-order valence-electron chi connectivity index (χ4n) is 3.26. The number of fused-ring (bicyclic) bond motifs is 3. The Balaban J connectivity index is 2.08. The van der Waals surface area contributed by atoms with E-state index in [0.29, 0.717) is 30.3 Å². The van der Waals surface area contributed by atoms with Crippen molar-refractivity contribution in [3.8, 4) is 5.75 Å². The SMILES string of the molecule is COC(=O)Cc1c(C)c2ccc3c(c2oc1=O)CN(CC(C)C)CO3. The van der Waals surface area contributed by atoms with Crippen molar-refractivity contribution in [1.29, 1.82) is 0 Å². The predicted molar refractivity (Wildman–Crippen MR) is 93.7 cm³/mol. The molecule has 0 radical (unpaired) electrons. The lowest BCUT2D eigenvalue weighted by Crippen LogP contribution is -2.34. The van der Waals surface area contributed by atoms with Crippen LogP contribution in [-0.4, -0.2) is 31.3 Å². The van der Waals surface area contributed by atoms with Gasteiger partial charge in [-0.3, -0.25) is 9.69 Å². The Morgan fingerprint density at radius 3 is 2.80 bits per heavy atom. The third-order valence-corrected chi connectivity index (χ3v) is 4.47. The van der Waals surface area contributed by atoms with Gasteiger partial charge in [0, 0.05) is 18.5 Å². The zero-order valence-corrected chi connectivity index (χ0v) is 15.0. The molecule has 1 aliphatic rings. The molecule has 0 spiro atoms. The minimum Gasteiger partial charge on any atom is -0.478 e. The largest absolute Gasteiger partial charge is 0.478 e. The second-order valence-corrected chi connectivity index (χ2v) is 6.84. The summed E-state index contributed by atoms with van der Waals surface area (Å²) in [7, 11) is 1.30. The molecule has 0 saturated heterocycles. The lowest BCUT2D eigenvalue weighted by molar-refractivity contribution is -0.139. The third kappa shape index (κ3) is 3.39. The average molecular weight is 345 g/mol. The Morgan fingerprint density at radius 2 is 2.12 bits per heavy atom. The number of aryl methyl sites for hydroxylation is 1. The van der Waals surface area contributed by atoms with E-state index < -0.39 is 11.6 Å². The molecule has 134 valence electrons. The fourth-order valence-corrected chi connectivity index (χ4v) is 3.26. The van der Waals surface area contributed by atoms with E-state index in [2.05, 4.69) is 23.5 Å². The van der Waals surface area contributed by atoms with Gasteiger partial charge in [-0.05, 0) is 30.5 Å². The molecule has 1 aromatic heterocycles. The van der Waals surface area contributed by atoms with E-state index in [1.54, 1.807) is 0 Å². The number of benzene rings is 1. The molecule has 0 bridgehead atoms. The lowest BCUT2D eigenvalue weighted by Gasteiger charge is -2.30. The first-order valence-electron chi connectivity index (χ1n) is 8.40. The van der Waals surface area contributed by atoms with Crippen molar-refractivity contribution in [2.45, 2.75) is 33.7 Å². The summed E-state index contributed by atoms with van der Waals surface area (Å²) in [6, 6.07) is 3.78. The molecular formula is C19H23NO5. The van der Waals surface area contributed by atoms with Gasteiger partial charge in [0.25, 0.3) is 0 Å². The molecule has 0 N–H and O–H groups in total. The Kier molecular flexibility index (Phi) is 4.81. The molecule has 1 aromatic carbocycles.